The van der Waals surface area contributed by atoms with E-state index in [0.29, 0.717) is 0 Å². The average molecular weight is 694 g/mol. The minimum absolute atomic E-state index is 0.0825. The van der Waals surface area contributed by atoms with Gasteiger partial charge >= 0.3 is 0 Å². The van der Waals surface area contributed by atoms with Crippen LogP contribution in [0.1, 0.15) is 17.0 Å². The molecule has 7 aromatic carbocycles. The second-order valence-corrected chi connectivity index (χ2v) is 14.3. The number of rotatable bonds is 4. The first kappa shape index (κ1) is 29.5. The summed E-state index contributed by atoms with van der Waals surface area (Å²) in [5, 5.41) is 4.61. The Morgan fingerprint density at radius 1 is 0.556 bits per heavy atom. The quantitative estimate of drug-likeness (QED) is 0.184. The Morgan fingerprint density at radius 2 is 1.30 bits per heavy atom. The van der Waals surface area contributed by atoms with Crippen LogP contribution < -0.4 is 4.74 Å². The standard InChI is InChI=1S/C49H31N3O2/c1-2-11-31(12-3-1)49-50-40-16-6-8-18-42(40)52(49)32-23-21-30(22-24-32)34-15-10-20-44-46(34)39-26-25-33(29-45(39)53-44)51-41-17-7-4-13-35(41)37-27-28-38-36-14-5-9-19-43(36)54-48(38)47(37)51/h1-29,44,46H. The van der Waals surface area contributed by atoms with Gasteiger partial charge in [-0.1, -0.05) is 115 Å². The van der Waals surface area contributed by atoms with Crippen molar-refractivity contribution < 1.29 is 9.15 Å². The number of aromatic nitrogens is 3. The van der Waals surface area contributed by atoms with Crippen molar-refractivity contribution in [1.82, 2.24) is 14.1 Å². The number of ether oxygens (including phenoxy) is 1. The molecular formula is C49H31N3O2. The number of hydrogen-bond acceptors (Lipinski definition) is 3. The first-order chi connectivity index (χ1) is 26.8. The van der Waals surface area contributed by atoms with E-state index in [9.17, 15) is 0 Å². The fraction of sp³-hybridized carbons (Fsp3) is 0.0408. The van der Waals surface area contributed by atoms with E-state index in [1.54, 1.807) is 0 Å². The Balaban J connectivity index is 0.955. The van der Waals surface area contributed by atoms with Crippen molar-refractivity contribution in [1.29, 1.82) is 0 Å². The molecule has 54 heavy (non-hydrogen) atoms. The highest BCUT2D eigenvalue weighted by Gasteiger charge is 2.37. The molecule has 0 radical (unpaired) electrons. The summed E-state index contributed by atoms with van der Waals surface area (Å²) in [6, 6.07) is 55.7. The SMILES string of the molecule is C1=CC2Oc3cc(-n4c5ccccc5c5ccc6c7ccccc7oc6c54)ccc3C2C(c2ccc(-n3c(-c4ccccc4)nc4ccccc43)cc2)=C1. The van der Waals surface area contributed by atoms with Crippen LogP contribution in [0.25, 0.3) is 83.1 Å². The molecule has 0 fully saturated rings. The molecule has 0 bridgehead atoms. The van der Waals surface area contributed by atoms with Crippen LogP contribution in [0.5, 0.6) is 5.75 Å². The number of allylic oxidation sites excluding steroid dienone is 2. The van der Waals surface area contributed by atoms with E-state index in [1.807, 2.05) is 24.3 Å². The number of benzene rings is 7. The van der Waals surface area contributed by atoms with E-state index in [4.69, 9.17) is 14.1 Å². The van der Waals surface area contributed by atoms with Crippen LogP contribution in [-0.4, -0.2) is 20.2 Å². The Hall–Kier alpha value is -7.11. The first-order valence-corrected chi connectivity index (χ1v) is 18.4. The molecule has 3 aromatic heterocycles. The van der Waals surface area contributed by atoms with Gasteiger partial charge in [-0.05, 0) is 65.7 Å². The molecule has 10 aromatic rings. The van der Waals surface area contributed by atoms with E-state index in [-0.39, 0.29) is 12.0 Å². The van der Waals surface area contributed by atoms with Crippen molar-refractivity contribution in [3.05, 3.63) is 187 Å². The molecule has 5 heteroatoms. The highest BCUT2D eigenvalue weighted by molar-refractivity contribution is 6.21. The number of hydrogen-bond donors (Lipinski definition) is 0. The predicted octanol–water partition coefficient (Wildman–Crippen LogP) is 12.2. The van der Waals surface area contributed by atoms with E-state index in [2.05, 4.69) is 161 Å². The summed E-state index contributed by atoms with van der Waals surface area (Å²) >= 11 is 0. The van der Waals surface area contributed by atoms with Crippen LogP contribution >= 0.6 is 0 Å². The lowest BCUT2D eigenvalue weighted by Crippen LogP contribution is -2.19. The molecule has 0 saturated carbocycles. The molecule has 0 N–H and O–H groups in total. The fourth-order valence-corrected chi connectivity index (χ4v) is 8.93. The van der Waals surface area contributed by atoms with E-state index < -0.39 is 0 Å². The topological polar surface area (TPSA) is 45.1 Å². The van der Waals surface area contributed by atoms with Crippen LogP contribution in [0.4, 0.5) is 0 Å². The van der Waals surface area contributed by atoms with Crippen molar-refractivity contribution in [2.45, 2.75) is 12.0 Å². The van der Waals surface area contributed by atoms with Gasteiger partial charge in [-0.15, -0.1) is 0 Å². The van der Waals surface area contributed by atoms with Crippen molar-refractivity contribution in [2.75, 3.05) is 0 Å². The second kappa shape index (κ2) is 11.2. The van der Waals surface area contributed by atoms with Crippen molar-refractivity contribution in [2.24, 2.45) is 0 Å². The zero-order valence-electron chi connectivity index (χ0n) is 29.1. The molecule has 5 nitrogen and oxygen atoms in total. The maximum atomic E-state index is 6.78. The van der Waals surface area contributed by atoms with Crippen molar-refractivity contribution >= 4 is 60.4 Å². The van der Waals surface area contributed by atoms with Gasteiger partial charge < -0.3 is 13.7 Å². The lowest BCUT2D eigenvalue weighted by molar-refractivity contribution is 0.271. The summed E-state index contributed by atoms with van der Waals surface area (Å²) in [6.45, 7) is 0. The average Bonchev–Trinajstić information content (AvgIpc) is 4.00. The Morgan fingerprint density at radius 3 is 2.19 bits per heavy atom. The first-order valence-electron chi connectivity index (χ1n) is 18.4. The molecule has 1 aliphatic heterocycles. The minimum Gasteiger partial charge on any atom is -0.485 e. The molecule has 2 aliphatic rings. The molecular weight excluding hydrogens is 663 g/mol. The molecule has 2 atom stereocenters. The van der Waals surface area contributed by atoms with Gasteiger partial charge in [0.05, 0.1) is 33.7 Å². The van der Waals surface area contributed by atoms with Crippen molar-refractivity contribution in [3.63, 3.8) is 0 Å². The molecule has 2 unspecified atom stereocenters. The van der Waals surface area contributed by atoms with Crippen LogP contribution in [0.2, 0.25) is 0 Å². The summed E-state index contributed by atoms with van der Waals surface area (Å²) in [5.74, 6) is 1.93. The number of nitrogens with zero attached hydrogens (tertiary/aromatic N) is 3. The Kier molecular flexibility index (Phi) is 6.11. The lowest BCUT2D eigenvalue weighted by atomic mass is 9.81. The fourth-order valence-electron chi connectivity index (χ4n) is 8.93. The Labute approximate surface area is 310 Å². The minimum atomic E-state index is -0.0857. The van der Waals surface area contributed by atoms with Gasteiger partial charge in [0.25, 0.3) is 0 Å². The van der Waals surface area contributed by atoms with E-state index in [1.165, 1.54) is 27.5 Å². The molecule has 0 spiro atoms. The molecule has 4 heterocycles. The van der Waals surface area contributed by atoms with E-state index >= 15 is 0 Å². The van der Waals surface area contributed by atoms with Gasteiger partial charge in [0, 0.05) is 44.4 Å². The smallest absolute Gasteiger partial charge is 0.160 e. The summed E-state index contributed by atoms with van der Waals surface area (Å²) in [6.07, 6.45) is 6.48. The summed E-state index contributed by atoms with van der Waals surface area (Å²) in [4.78, 5) is 5.04. The zero-order valence-corrected chi connectivity index (χ0v) is 29.1. The normalized spacial score (nSPS) is 16.3. The Bertz CT molecular complexity index is 3200. The van der Waals surface area contributed by atoms with Gasteiger partial charge in [-0.25, -0.2) is 4.98 Å². The summed E-state index contributed by atoms with van der Waals surface area (Å²) in [7, 11) is 0. The molecule has 12 rings (SSSR count). The van der Waals surface area contributed by atoms with Crippen LogP contribution in [0.15, 0.2) is 180 Å². The zero-order chi connectivity index (χ0) is 35.3. The highest BCUT2D eigenvalue weighted by atomic mass is 16.5. The number of imidazole rings is 1. The third kappa shape index (κ3) is 4.18. The molecule has 0 amide bonds. The number of fused-ring (bicyclic) bond motifs is 11. The van der Waals surface area contributed by atoms with Gasteiger partial charge in [-0.3, -0.25) is 4.57 Å². The lowest BCUT2D eigenvalue weighted by Gasteiger charge is -2.23. The van der Waals surface area contributed by atoms with Gasteiger partial charge in [-0.2, -0.15) is 0 Å². The van der Waals surface area contributed by atoms with Crippen LogP contribution in [0, 0.1) is 0 Å². The third-order valence-electron chi connectivity index (χ3n) is 11.3. The van der Waals surface area contributed by atoms with Crippen LogP contribution in [-0.2, 0) is 0 Å². The molecule has 254 valence electrons. The largest absolute Gasteiger partial charge is 0.485 e. The predicted molar refractivity (Wildman–Crippen MR) is 219 cm³/mol. The highest BCUT2D eigenvalue weighted by Crippen LogP contribution is 2.49. The monoisotopic (exact) mass is 693 g/mol. The van der Waals surface area contributed by atoms with Gasteiger partial charge in [0.15, 0.2) is 5.58 Å². The maximum absolute atomic E-state index is 6.78. The number of para-hydroxylation sites is 4. The third-order valence-corrected chi connectivity index (χ3v) is 11.3. The second-order valence-electron chi connectivity index (χ2n) is 14.3. The van der Waals surface area contributed by atoms with E-state index in [0.717, 1.165) is 72.5 Å². The van der Waals surface area contributed by atoms with Crippen molar-refractivity contribution in [3.8, 4) is 28.5 Å². The van der Waals surface area contributed by atoms with Gasteiger partial charge in [0.1, 0.15) is 23.3 Å². The summed E-state index contributed by atoms with van der Waals surface area (Å²) in [5.41, 5.74) is 12.9. The number of furan rings is 1. The molecule has 0 saturated heterocycles. The maximum Gasteiger partial charge on any atom is 0.160 e. The summed E-state index contributed by atoms with van der Waals surface area (Å²) < 4.78 is 18.0. The van der Waals surface area contributed by atoms with Gasteiger partial charge in [0.2, 0.25) is 0 Å². The molecule has 1 aliphatic carbocycles. The van der Waals surface area contributed by atoms with Crippen LogP contribution in [0.3, 0.4) is 0 Å².